The van der Waals surface area contributed by atoms with Gasteiger partial charge in [-0.15, -0.1) is 0 Å². The summed E-state index contributed by atoms with van der Waals surface area (Å²) in [4.78, 5) is 10.0. The summed E-state index contributed by atoms with van der Waals surface area (Å²) in [6.07, 6.45) is 1.96. The molecule has 6 nitrogen and oxygen atoms in total. The van der Waals surface area contributed by atoms with E-state index in [1.807, 2.05) is 6.20 Å². The number of nitrogens with zero attached hydrogens (tertiary/aromatic N) is 5. The Morgan fingerprint density at radius 2 is 0.833 bits per heavy atom. The number of pyridine rings is 1. The zero-order valence-electron chi connectivity index (χ0n) is 47.0. The Bertz CT molecular complexity index is 3960. The maximum atomic E-state index is 7.16. The minimum absolute atomic E-state index is 0.0239. The van der Waals surface area contributed by atoms with Crippen molar-refractivity contribution in [3.63, 3.8) is 0 Å². The molecule has 7 heteroatoms. The van der Waals surface area contributed by atoms with Gasteiger partial charge >= 0.3 is 286 Å². The van der Waals surface area contributed by atoms with Crippen LogP contribution in [0.3, 0.4) is 0 Å². The van der Waals surface area contributed by atoms with Crippen molar-refractivity contribution in [1.29, 1.82) is 0 Å². The first-order chi connectivity index (χ1) is 37.1. The fraction of sp³-hybridized carbons (Fsp3) is 0.239. The van der Waals surface area contributed by atoms with Crippen LogP contribution in [0, 0.1) is 3.80 Å². The minimum atomic E-state index is -0.727. The minimum Gasteiger partial charge on any atom is -0.0343 e. The largest absolute Gasteiger partial charge is 0.0343 e. The topological polar surface area (TPSA) is 38.5 Å². The maximum absolute atomic E-state index is 7.16. The number of fused-ring (bicyclic) bond motifs is 9. The average Bonchev–Trinajstić information content (AvgIpc) is 2.61. The van der Waals surface area contributed by atoms with Gasteiger partial charge in [0.1, 0.15) is 0 Å². The molecule has 4 heterocycles. The van der Waals surface area contributed by atoms with Crippen LogP contribution in [0.1, 0.15) is 128 Å². The SMILES string of the molecule is CC(C)(C)c1cccc(N2c3ccccc3C3(c4ccccc42)c2ccccc2N(c2cc(C(C)(C)C)ccn2)c2cc(Oc4cccc(-n5[c](=[Pt])n(-c6cc(C(C)(C)C)cc(C(C)(C)C)c6)c6ccccc65)c4)ccc23)c1. The zero-order chi connectivity index (χ0) is 54.7. The van der Waals surface area contributed by atoms with Crippen LogP contribution in [-0.2, 0) is 46.4 Å². The fourth-order valence-corrected chi connectivity index (χ4v) is 13.0. The number of aromatic nitrogens is 3. The predicted molar refractivity (Wildman–Crippen MR) is 320 cm³/mol. The van der Waals surface area contributed by atoms with Crippen molar-refractivity contribution in [1.82, 2.24) is 14.1 Å². The molecule has 0 saturated heterocycles. The number of para-hydroxylation sites is 5. The van der Waals surface area contributed by atoms with Crippen LogP contribution in [0.15, 0.2) is 200 Å². The molecule has 0 N–H and O–H groups in total. The van der Waals surface area contributed by atoms with Gasteiger partial charge in [0, 0.05) is 11.9 Å². The standard InChI is InChI=1S/C71H69N5O.Pt/c1-67(2,3)47-23-21-25-52(40-47)75-60-30-16-13-27-56(60)71(57-28-14-17-31-61(57)75)58-29-15-18-32-62(58)76(66-43-48(37-38-72-66)68(4,5)6)65-45-55(35-36-59(65)71)77-54-26-22-24-51(44-54)73-46-74(64-34-20-19-33-63(64)73)53-41-49(69(7,8)9)39-50(42-53)70(10,11)12;/h13-45H,1-12H3;. The van der Waals surface area contributed by atoms with Crippen molar-refractivity contribution in [3.05, 3.63) is 249 Å². The Labute approximate surface area is 472 Å². The van der Waals surface area contributed by atoms with Crippen LogP contribution in [0.4, 0.5) is 34.3 Å². The summed E-state index contributed by atoms with van der Waals surface area (Å²) in [6, 6.07) is 71.6. The number of anilines is 6. The van der Waals surface area contributed by atoms with E-state index in [2.05, 4.69) is 315 Å². The van der Waals surface area contributed by atoms with Gasteiger partial charge in [0.05, 0.1) is 11.4 Å². The third-order valence-corrected chi connectivity index (χ3v) is 17.0. The normalized spacial score (nSPS) is 14.0. The molecule has 0 aliphatic carbocycles. The molecule has 0 unspecified atom stereocenters. The quantitative estimate of drug-likeness (QED) is 0.166. The zero-order valence-corrected chi connectivity index (χ0v) is 49.3. The number of hydrogen-bond acceptors (Lipinski definition) is 4. The molecule has 0 fully saturated rings. The van der Waals surface area contributed by atoms with Crippen molar-refractivity contribution < 1.29 is 24.1 Å². The van der Waals surface area contributed by atoms with Crippen LogP contribution >= 0.6 is 0 Å². The van der Waals surface area contributed by atoms with E-state index in [9.17, 15) is 0 Å². The molecule has 0 amide bonds. The fourth-order valence-electron chi connectivity index (χ4n) is 11.8. The molecule has 8 aromatic carbocycles. The van der Waals surface area contributed by atoms with Gasteiger partial charge in [-0.25, -0.2) is 0 Å². The van der Waals surface area contributed by atoms with Gasteiger partial charge in [-0.2, -0.15) is 0 Å². The third-order valence-electron chi connectivity index (χ3n) is 16.0. The molecule has 1 spiro atoms. The number of hydrogen-bond donors (Lipinski definition) is 0. The van der Waals surface area contributed by atoms with Gasteiger partial charge in [0.15, 0.2) is 0 Å². The Kier molecular flexibility index (Phi) is 12.2. The molecular weight excluding hydrogens is 1130 g/mol. The summed E-state index contributed by atoms with van der Waals surface area (Å²) in [5, 5.41) is 0. The Morgan fingerprint density at radius 3 is 1.41 bits per heavy atom. The third kappa shape index (κ3) is 8.50. The Balaban J connectivity index is 1.04. The number of rotatable bonds is 6. The Morgan fingerprint density at radius 1 is 0.372 bits per heavy atom. The summed E-state index contributed by atoms with van der Waals surface area (Å²) in [7, 11) is 0. The Hall–Kier alpha value is -7.53. The first-order valence-corrected chi connectivity index (χ1v) is 28.5. The van der Waals surface area contributed by atoms with Crippen LogP contribution in [0.25, 0.3) is 22.4 Å². The van der Waals surface area contributed by atoms with Crippen molar-refractivity contribution in [2.75, 3.05) is 9.80 Å². The van der Waals surface area contributed by atoms with Crippen molar-refractivity contribution in [3.8, 4) is 22.9 Å². The van der Waals surface area contributed by atoms with Crippen LogP contribution in [0.5, 0.6) is 11.5 Å². The molecule has 0 radical (unpaired) electrons. The van der Waals surface area contributed by atoms with Crippen molar-refractivity contribution >= 4 is 45.3 Å². The number of ether oxygens (including phenoxy) is 1. The van der Waals surface area contributed by atoms with E-state index >= 15 is 0 Å². The molecule has 2 aliphatic heterocycles. The van der Waals surface area contributed by atoms with Gasteiger partial charge in [0.2, 0.25) is 0 Å². The summed E-state index contributed by atoms with van der Waals surface area (Å²) in [6.45, 7) is 27.5. The molecule has 2 aliphatic rings. The second kappa shape index (κ2) is 18.6. The van der Waals surface area contributed by atoms with E-state index in [0.29, 0.717) is 0 Å². The molecule has 10 aromatic rings. The summed E-state index contributed by atoms with van der Waals surface area (Å²) >= 11 is 2.52. The smallest absolute Gasteiger partial charge is 0.0343 e. The summed E-state index contributed by atoms with van der Waals surface area (Å²) in [5.74, 6) is 2.32. The second-order valence-corrected chi connectivity index (χ2v) is 26.4. The second-order valence-electron chi connectivity index (χ2n) is 25.4. The van der Waals surface area contributed by atoms with E-state index in [1.165, 1.54) is 38.9 Å². The number of imidazole rings is 1. The van der Waals surface area contributed by atoms with Gasteiger partial charge in [-0.1, -0.05) is 108 Å². The first kappa shape index (κ1) is 51.2. The molecule has 2 aromatic heterocycles. The van der Waals surface area contributed by atoms with E-state index in [4.69, 9.17) is 9.72 Å². The van der Waals surface area contributed by atoms with Crippen molar-refractivity contribution in [2.24, 2.45) is 0 Å². The van der Waals surface area contributed by atoms with Crippen LogP contribution in [0.2, 0.25) is 0 Å². The van der Waals surface area contributed by atoms with Gasteiger partial charge in [-0.3, -0.25) is 0 Å². The molecular formula is C71H69N5OPt. The molecule has 78 heavy (non-hydrogen) atoms. The summed E-state index contributed by atoms with van der Waals surface area (Å²) < 4.78 is 13.0. The van der Waals surface area contributed by atoms with E-state index < -0.39 is 5.41 Å². The van der Waals surface area contributed by atoms with E-state index in [0.717, 1.165) is 77.5 Å². The van der Waals surface area contributed by atoms with Crippen LogP contribution in [-0.4, -0.2) is 14.1 Å². The van der Waals surface area contributed by atoms with Crippen molar-refractivity contribution in [2.45, 2.75) is 110 Å². The van der Waals surface area contributed by atoms with Crippen LogP contribution < -0.4 is 14.5 Å². The number of benzene rings is 8. The molecule has 12 rings (SSSR count). The average molecular weight is 1200 g/mol. The maximum Gasteiger partial charge on any atom is -0.0343 e. The monoisotopic (exact) mass is 1200 g/mol. The first-order valence-electron chi connectivity index (χ1n) is 27.4. The van der Waals surface area contributed by atoms with E-state index in [1.54, 1.807) is 0 Å². The molecule has 0 atom stereocenters. The molecule has 0 saturated carbocycles. The van der Waals surface area contributed by atoms with E-state index in [-0.39, 0.29) is 21.7 Å². The molecule has 394 valence electrons. The van der Waals surface area contributed by atoms with Gasteiger partial charge in [-0.05, 0) is 52.3 Å². The van der Waals surface area contributed by atoms with Gasteiger partial charge < -0.3 is 4.90 Å². The predicted octanol–water partition coefficient (Wildman–Crippen LogP) is 18.8. The van der Waals surface area contributed by atoms with Gasteiger partial charge in [0.25, 0.3) is 0 Å². The summed E-state index contributed by atoms with van der Waals surface area (Å²) in [5.41, 5.74) is 18.9. The molecule has 0 bridgehead atoms.